The third kappa shape index (κ3) is 6.19. The van der Waals surface area contributed by atoms with Crippen molar-refractivity contribution in [2.45, 2.75) is 19.3 Å². The van der Waals surface area contributed by atoms with E-state index in [0.29, 0.717) is 40.8 Å². The Kier molecular flexibility index (Phi) is 7.19. The van der Waals surface area contributed by atoms with Gasteiger partial charge in [-0.2, -0.15) is 4.98 Å². The number of anilines is 1. The molecule has 0 fully saturated rings. The van der Waals surface area contributed by atoms with Crippen LogP contribution >= 0.6 is 11.6 Å². The van der Waals surface area contributed by atoms with Crippen LogP contribution in [0.4, 0.5) is 5.69 Å². The van der Waals surface area contributed by atoms with Gasteiger partial charge in [0.05, 0.1) is 6.54 Å². The Morgan fingerprint density at radius 1 is 1.13 bits per heavy atom. The molecule has 3 rings (SSSR count). The maximum absolute atomic E-state index is 12.0. The van der Waals surface area contributed by atoms with Gasteiger partial charge in [-0.15, -0.1) is 6.42 Å². The maximum Gasteiger partial charge on any atom is 0.243 e. The molecule has 0 saturated carbocycles. The van der Waals surface area contributed by atoms with E-state index in [1.807, 2.05) is 0 Å². The topological polar surface area (TPSA) is 97.1 Å². The van der Waals surface area contributed by atoms with Gasteiger partial charge < -0.3 is 15.2 Å². The molecular weight excluding hydrogens is 404 g/mol. The lowest BCUT2D eigenvalue weighted by atomic mass is 10.2. The van der Waals surface area contributed by atoms with E-state index in [1.165, 1.54) is 0 Å². The molecule has 0 aliphatic rings. The van der Waals surface area contributed by atoms with Crippen LogP contribution in [0.1, 0.15) is 24.3 Å². The fourth-order valence-corrected chi connectivity index (χ4v) is 2.76. The SMILES string of the molecule is C#Cc1cccc(NC(=O)CNC(=O)CCCc2nc(-c3ccc(Cl)cc3)no2)c1. The molecule has 1 aromatic heterocycles. The maximum atomic E-state index is 12.0. The molecule has 0 atom stereocenters. The molecule has 0 aliphatic carbocycles. The minimum absolute atomic E-state index is 0.125. The number of aromatic nitrogens is 2. The number of terminal acetylenes is 1. The minimum Gasteiger partial charge on any atom is -0.347 e. The van der Waals surface area contributed by atoms with Crippen LogP contribution in [0.15, 0.2) is 53.1 Å². The normalized spacial score (nSPS) is 10.3. The fourth-order valence-electron chi connectivity index (χ4n) is 2.63. The Labute approximate surface area is 178 Å². The lowest BCUT2D eigenvalue weighted by Crippen LogP contribution is -2.32. The Bertz CT molecular complexity index is 1070. The molecule has 0 saturated heterocycles. The van der Waals surface area contributed by atoms with Crippen LogP contribution in [0, 0.1) is 12.3 Å². The summed E-state index contributed by atoms with van der Waals surface area (Å²) in [5, 5.41) is 9.83. The van der Waals surface area contributed by atoms with Crippen molar-refractivity contribution in [2.24, 2.45) is 0 Å². The molecule has 0 aliphatic heterocycles. The second-order valence-electron chi connectivity index (χ2n) is 6.42. The van der Waals surface area contributed by atoms with Crippen molar-refractivity contribution in [3.8, 4) is 23.7 Å². The monoisotopic (exact) mass is 422 g/mol. The van der Waals surface area contributed by atoms with E-state index in [0.717, 1.165) is 5.56 Å². The van der Waals surface area contributed by atoms with Crippen molar-refractivity contribution >= 4 is 29.1 Å². The lowest BCUT2D eigenvalue weighted by molar-refractivity contribution is -0.124. The quantitative estimate of drug-likeness (QED) is 0.542. The van der Waals surface area contributed by atoms with E-state index in [4.69, 9.17) is 22.5 Å². The molecule has 2 aromatic carbocycles. The van der Waals surface area contributed by atoms with Gasteiger partial charge >= 0.3 is 0 Å². The van der Waals surface area contributed by atoms with Crippen LogP contribution in [-0.4, -0.2) is 28.5 Å². The van der Waals surface area contributed by atoms with Gasteiger partial charge in [0.25, 0.3) is 0 Å². The summed E-state index contributed by atoms with van der Waals surface area (Å²) in [5.74, 6) is 2.84. The summed E-state index contributed by atoms with van der Waals surface area (Å²) in [6, 6.07) is 14.0. The number of aryl methyl sites for hydroxylation is 1. The molecule has 0 unspecified atom stereocenters. The molecule has 0 spiro atoms. The summed E-state index contributed by atoms with van der Waals surface area (Å²) in [7, 11) is 0. The van der Waals surface area contributed by atoms with Gasteiger partial charge in [0.15, 0.2) is 0 Å². The highest BCUT2D eigenvalue weighted by atomic mass is 35.5. The first kappa shape index (κ1) is 21.1. The van der Waals surface area contributed by atoms with Gasteiger partial charge in [-0.25, -0.2) is 0 Å². The summed E-state index contributed by atoms with van der Waals surface area (Å²) in [6.45, 7) is -0.125. The second kappa shape index (κ2) is 10.2. The molecule has 30 heavy (non-hydrogen) atoms. The number of amides is 2. The highest BCUT2D eigenvalue weighted by Gasteiger charge is 2.10. The number of halogens is 1. The number of hydrogen-bond donors (Lipinski definition) is 2. The largest absolute Gasteiger partial charge is 0.347 e. The summed E-state index contributed by atoms with van der Waals surface area (Å²) >= 11 is 5.87. The third-order valence-corrected chi connectivity index (χ3v) is 4.38. The Morgan fingerprint density at radius 3 is 2.70 bits per heavy atom. The van der Waals surface area contributed by atoms with E-state index in [9.17, 15) is 9.59 Å². The molecule has 152 valence electrons. The highest BCUT2D eigenvalue weighted by Crippen LogP contribution is 2.19. The minimum atomic E-state index is -0.331. The van der Waals surface area contributed by atoms with E-state index in [1.54, 1.807) is 48.5 Å². The molecular formula is C22H19ClN4O3. The van der Waals surface area contributed by atoms with E-state index >= 15 is 0 Å². The van der Waals surface area contributed by atoms with Gasteiger partial charge in [0, 0.05) is 34.7 Å². The first-order chi connectivity index (χ1) is 14.5. The van der Waals surface area contributed by atoms with E-state index in [-0.39, 0.29) is 24.8 Å². The average Bonchev–Trinajstić information content (AvgIpc) is 3.22. The van der Waals surface area contributed by atoms with Crippen molar-refractivity contribution in [2.75, 3.05) is 11.9 Å². The van der Waals surface area contributed by atoms with Crippen molar-refractivity contribution in [1.82, 2.24) is 15.5 Å². The molecule has 0 radical (unpaired) electrons. The zero-order chi connectivity index (χ0) is 21.3. The number of nitrogens with zero attached hydrogens (tertiary/aromatic N) is 2. The van der Waals surface area contributed by atoms with Gasteiger partial charge in [0.2, 0.25) is 23.5 Å². The first-order valence-corrected chi connectivity index (χ1v) is 9.63. The van der Waals surface area contributed by atoms with Crippen LogP contribution in [0.25, 0.3) is 11.4 Å². The second-order valence-corrected chi connectivity index (χ2v) is 6.86. The highest BCUT2D eigenvalue weighted by molar-refractivity contribution is 6.30. The Balaban J connectivity index is 1.38. The Hall–Kier alpha value is -3.63. The summed E-state index contributed by atoms with van der Waals surface area (Å²) in [6.07, 6.45) is 6.54. The number of carbonyl (C=O) groups excluding carboxylic acids is 2. The van der Waals surface area contributed by atoms with Crippen LogP contribution in [-0.2, 0) is 16.0 Å². The number of nitrogens with one attached hydrogen (secondary N) is 2. The third-order valence-electron chi connectivity index (χ3n) is 4.12. The number of rotatable bonds is 8. The van der Waals surface area contributed by atoms with Gasteiger partial charge in [-0.1, -0.05) is 28.7 Å². The number of carbonyl (C=O) groups is 2. The van der Waals surface area contributed by atoms with Crippen LogP contribution in [0.2, 0.25) is 5.02 Å². The molecule has 0 bridgehead atoms. The predicted molar refractivity (Wildman–Crippen MR) is 114 cm³/mol. The molecule has 2 N–H and O–H groups in total. The lowest BCUT2D eigenvalue weighted by Gasteiger charge is -2.07. The number of benzene rings is 2. The van der Waals surface area contributed by atoms with E-state index < -0.39 is 0 Å². The van der Waals surface area contributed by atoms with Crippen LogP contribution in [0.5, 0.6) is 0 Å². The van der Waals surface area contributed by atoms with Crippen molar-refractivity contribution in [3.05, 3.63) is 65.0 Å². The van der Waals surface area contributed by atoms with Gasteiger partial charge in [0.1, 0.15) is 0 Å². The van der Waals surface area contributed by atoms with Gasteiger partial charge in [-0.3, -0.25) is 9.59 Å². The molecule has 8 heteroatoms. The Morgan fingerprint density at radius 2 is 1.93 bits per heavy atom. The smallest absolute Gasteiger partial charge is 0.243 e. The van der Waals surface area contributed by atoms with Crippen LogP contribution in [0.3, 0.4) is 0 Å². The zero-order valence-corrected chi connectivity index (χ0v) is 16.8. The summed E-state index contributed by atoms with van der Waals surface area (Å²) < 4.78 is 5.21. The average molecular weight is 423 g/mol. The van der Waals surface area contributed by atoms with E-state index in [2.05, 4.69) is 26.7 Å². The summed E-state index contributed by atoms with van der Waals surface area (Å²) in [4.78, 5) is 28.2. The van der Waals surface area contributed by atoms with Crippen LogP contribution < -0.4 is 10.6 Å². The van der Waals surface area contributed by atoms with Crippen molar-refractivity contribution in [3.63, 3.8) is 0 Å². The zero-order valence-electron chi connectivity index (χ0n) is 16.0. The number of hydrogen-bond acceptors (Lipinski definition) is 5. The molecule has 7 nitrogen and oxygen atoms in total. The van der Waals surface area contributed by atoms with Crippen molar-refractivity contribution in [1.29, 1.82) is 0 Å². The first-order valence-electron chi connectivity index (χ1n) is 9.25. The molecule has 2 amide bonds. The van der Waals surface area contributed by atoms with Gasteiger partial charge in [-0.05, 0) is 48.9 Å². The summed E-state index contributed by atoms with van der Waals surface area (Å²) in [5.41, 5.74) is 2.04. The predicted octanol–water partition coefficient (Wildman–Crippen LogP) is 3.45. The fraction of sp³-hybridized carbons (Fsp3) is 0.182. The standard InChI is InChI=1S/C22H19ClN4O3/c1-2-15-5-3-6-18(13-15)25-20(29)14-24-19(28)7-4-8-21-26-22(27-30-21)16-9-11-17(23)12-10-16/h1,3,5-6,9-13H,4,7-8,14H2,(H,24,28)(H,25,29). The molecule has 3 aromatic rings. The molecule has 1 heterocycles. The van der Waals surface area contributed by atoms with Crippen molar-refractivity contribution < 1.29 is 14.1 Å².